The molecule has 0 saturated carbocycles. The Kier molecular flexibility index (Phi) is 3.72. The van der Waals surface area contributed by atoms with E-state index in [1.165, 1.54) is 0 Å². The fourth-order valence-electron chi connectivity index (χ4n) is 2.08. The summed E-state index contributed by atoms with van der Waals surface area (Å²) in [6.07, 6.45) is 1.53. The van der Waals surface area contributed by atoms with Crippen molar-refractivity contribution in [2.24, 2.45) is 5.41 Å². The summed E-state index contributed by atoms with van der Waals surface area (Å²) in [7, 11) is 0. The largest absolute Gasteiger partial charge is 0.465 e. The second-order valence-electron chi connectivity index (χ2n) is 3.97. The van der Waals surface area contributed by atoms with Gasteiger partial charge in [0.05, 0.1) is 6.61 Å². The topological polar surface area (TPSA) is 52.6 Å². The van der Waals surface area contributed by atoms with Crippen molar-refractivity contribution in [1.29, 1.82) is 0 Å². The molecule has 15 heavy (non-hydrogen) atoms. The number of esters is 2. The SMILES string of the molecule is CCC[C@]1(C(=O)OCC)C[C@@H](C)OC1=O. The van der Waals surface area contributed by atoms with Gasteiger partial charge in [0.25, 0.3) is 0 Å². The van der Waals surface area contributed by atoms with Gasteiger partial charge in [0.15, 0.2) is 5.41 Å². The molecule has 0 spiro atoms. The van der Waals surface area contributed by atoms with E-state index in [9.17, 15) is 9.59 Å². The molecule has 4 nitrogen and oxygen atoms in total. The Morgan fingerprint density at radius 3 is 2.67 bits per heavy atom. The molecule has 0 amide bonds. The molecule has 1 aliphatic rings. The summed E-state index contributed by atoms with van der Waals surface area (Å²) >= 11 is 0. The van der Waals surface area contributed by atoms with Crippen molar-refractivity contribution in [3.05, 3.63) is 0 Å². The van der Waals surface area contributed by atoms with Crippen LogP contribution in [0.3, 0.4) is 0 Å². The minimum absolute atomic E-state index is 0.187. The molecule has 0 radical (unpaired) electrons. The lowest BCUT2D eigenvalue weighted by Gasteiger charge is -2.21. The van der Waals surface area contributed by atoms with Crippen molar-refractivity contribution in [3.63, 3.8) is 0 Å². The van der Waals surface area contributed by atoms with E-state index >= 15 is 0 Å². The summed E-state index contributed by atoms with van der Waals surface area (Å²) in [5, 5.41) is 0. The van der Waals surface area contributed by atoms with E-state index < -0.39 is 17.4 Å². The average Bonchev–Trinajstić information content (AvgIpc) is 2.43. The van der Waals surface area contributed by atoms with Crippen LogP contribution in [0.4, 0.5) is 0 Å². The lowest BCUT2D eigenvalue weighted by atomic mass is 9.80. The predicted molar refractivity (Wildman–Crippen MR) is 54.1 cm³/mol. The van der Waals surface area contributed by atoms with Gasteiger partial charge in [-0.05, 0) is 20.3 Å². The molecule has 0 N–H and O–H groups in total. The zero-order valence-corrected chi connectivity index (χ0v) is 9.54. The smallest absolute Gasteiger partial charge is 0.323 e. The number of carbonyl (C=O) groups excluding carboxylic acids is 2. The summed E-state index contributed by atoms with van der Waals surface area (Å²) in [4.78, 5) is 23.5. The van der Waals surface area contributed by atoms with Crippen LogP contribution >= 0.6 is 0 Å². The molecule has 0 aliphatic carbocycles. The lowest BCUT2D eigenvalue weighted by Crippen LogP contribution is -2.37. The van der Waals surface area contributed by atoms with E-state index in [2.05, 4.69) is 0 Å². The van der Waals surface area contributed by atoms with Crippen molar-refractivity contribution in [1.82, 2.24) is 0 Å². The number of cyclic esters (lactones) is 1. The first-order valence-electron chi connectivity index (χ1n) is 5.45. The van der Waals surface area contributed by atoms with E-state index in [0.29, 0.717) is 19.4 Å². The van der Waals surface area contributed by atoms with Crippen molar-refractivity contribution >= 4 is 11.9 Å². The Bertz CT molecular complexity index is 261. The van der Waals surface area contributed by atoms with Gasteiger partial charge < -0.3 is 9.47 Å². The molecule has 2 atom stereocenters. The average molecular weight is 214 g/mol. The Morgan fingerprint density at radius 1 is 1.60 bits per heavy atom. The zero-order chi connectivity index (χ0) is 11.5. The molecule has 1 aliphatic heterocycles. The van der Waals surface area contributed by atoms with Crippen molar-refractivity contribution in [2.45, 2.75) is 46.1 Å². The summed E-state index contributed by atoms with van der Waals surface area (Å²) in [6.45, 7) is 5.78. The molecule has 0 aromatic carbocycles. The van der Waals surface area contributed by atoms with Gasteiger partial charge in [-0.15, -0.1) is 0 Å². The number of ether oxygens (including phenoxy) is 2. The quantitative estimate of drug-likeness (QED) is 0.527. The third-order valence-electron chi connectivity index (χ3n) is 2.68. The molecule has 1 heterocycles. The van der Waals surface area contributed by atoms with Crippen LogP contribution in [0.25, 0.3) is 0 Å². The van der Waals surface area contributed by atoms with Gasteiger partial charge in [-0.25, -0.2) is 0 Å². The highest BCUT2D eigenvalue weighted by molar-refractivity contribution is 6.01. The summed E-state index contributed by atoms with van der Waals surface area (Å²) < 4.78 is 10.0. The van der Waals surface area contributed by atoms with Crippen LogP contribution in [-0.4, -0.2) is 24.6 Å². The normalized spacial score (nSPS) is 30.1. The van der Waals surface area contributed by atoms with Gasteiger partial charge in [-0.2, -0.15) is 0 Å². The first-order valence-corrected chi connectivity index (χ1v) is 5.45. The van der Waals surface area contributed by atoms with Crippen LogP contribution in [0, 0.1) is 5.41 Å². The minimum Gasteiger partial charge on any atom is -0.465 e. The van der Waals surface area contributed by atoms with Crippen LogP contribution < -0.4 is 0 Å². The number of hydrogen-bond donors (Lipinski definition) is 0. The third kappa shape index (κ3) is 2.13. The van der Waals surface area contributed by atoms with Gasteiger partial charge in [0.1, 0.15) is 6.10 Å². The molecule has 0 unspecified atom stereocenters. The number of hydrogen-bond acceptors (Lipinski definition) is 4. The third-order valence-corrected chi connectivity index (χ3v) is 2.68. The maximum absolute atomic E-state index is 11.8. The predicted octanol–water partition coefficient (Wildman–Crippen LogP) is 1.67. The first-order chi connectivity index (χ1) is 7.06. The molecular weight excluding hydrogens is 196 g/mol. The van der Waals surface area contributed by atoms with Crippen LogP contribution in [0.5, 0.6) is 0 Å². The van der Waals surface area contributed by atoms with Crippen LogP contribution in [0.1, 0.15) is 40.0 Å². The van der Waals surface area contributed by atoms with Crippen molar-refractivity contribution in [3.8, 4) is 0 Å². The molecule has 1 rings (SSSR count). The molecule has 0 aromatic rings. The molecule has 4 heteroatoms. The highest BCUT2D eigenvalue weighted by Gasteiger charge is 2.54. The Morgan fingerprint density at radius 2 is 2.27 bits per heavy atom. The summed E-state index contributed by atoms with van der Waals surface area (Å²) in [6, 6.07) is 0. The van der Waals surface area contributed by atoms with E-state index in [1.807, 2.05) is 6.92 Å². The molecule has 1 fully saturated rings. The maximum atomic E-state index is 11.8. The zero-order valence-electron chi connectivity index (χ0n) is 9.54. The lowest BCUT2D eigenvalue weighted by molar-refractivity contribution is -0.165. The summed E-state index contributed by atoms with van der Waals surface area (Å²) in [5.74, 6) is -0.850. The number of rotatable bonds is 4. The van der Waals surface area contributed by atoms with Gasteiger partial charge in [0, 0.05) is 6.42 Å². The molecular formula is C11H18O4. The Hall–Kier alpha value is -1.06. The molecule has 0 aromatic heterocycles. The standard InChI is InChI=1S/C11H18O4/c1-4-6-11(9(12)14-5-2)7-8(3)15-10(11)13/h8H,4-7H2,1-3H3/t8-,11-/m1/s1. The van der Waals surface area contributed by atoms with Gasteiger partial charge >= 0.3 is 11.9 Å². The Labute approximate surface area is 89.9 Å². The molecule has 86 valence electrons. The number of carbonyl (C=O) groups is 2. The minimum atomic E-state index is -1.04. The fraction of sp³-hybridized carbons (Fsp3) is 0.818. The van der Waals surface area contributed by atoms with Crippen LogP contribution in [-0.2, 0) is 19.1 Å². The summed E-state index contributed by atoms with van der Waals surface area (Å²) in [5.41, 5.74) is -1.04. The highest BCUT2D eigenvalue weighted by atomic mass is 16.6. The van der Waals surface area contributed by atoms with Crippen molar-refractivity contribution < 1.29 is 19.1 Å². The van der Waals surface area contributed by atoms with Gasteiger partial charge in [-0.1, -0.05) is 13.3 Å². The van der Waals surface area contributed by atoms with Gasteiger partial charge in [0.2, 0.25) is 0 Å². The van der Waals surface area contributed by atoms with Crippen molar-refractivity contribution in [2.75, 3.05) is 6.61 Å². The first kappa shape index (κ1) is 12.0. The van der Waals surface area contributed by atoms with Crippen LogP contribution in [0.15, 0.2) is 0 Å². The van der Waals surface area contributed by atoms with E-state index in [4.69, 9.17) is 9.47 Å². The second kappa shape index (κ2) is 4.64. The van der Waals surface area contributed by atoms with Gasteiger partial charge in [-0.3, -0.25) is 9.59 Å². The monoisotopic (exact) mass is 214 g/mol. The van der Waals surface area contributed by atoms with Crippen LogP contribution in [0.2, 0.25) is 0 Å². The van der Waals surface area contributed by atoms with E-state index in [0.717, 1.165) is 6.42 Å². The molecule has 0 bridgehead atoms. The van der Waals surface area contributed by atoms with E-state index in [1.54, 1.807) is 13.8 Å². The highest BCUT2D eigenvalue weighted by Crippen LogP contribution is 2.39. The second-order valence-corrected chi connectivity index (χ2v) is 3.97. The molecule has 1 saturated heterocycles. The maximum Gasteiger partial charge on any atom is 0.323 e. The Balaban J connectivity index is 2.88. The van der Waals surface area contributed by atoms with E-state index in [-0.39, 0.29) is 6.10 Å². The fourth-order valence-corrected chi connectivity index (χ4v) is 2.08.